The molecule has 3 heteroatoms. The third-order valence-corrected chi connectivity index (χ3v) is 3.03. The molecule has 0 radical (unpaired) electrons. The van der Waals surface area contributed by atoms with Crippen molar-refractivity contribution in [1.29, 1.82) is 0 Å². The van der Waals surface area contributed by atoms with Crippen molar-refractivity contribution in [3.05, 3.63) is 47.5 Å². The molecular formula is C17H26N2O. The molecule has 0 unspecified atom stereocenters. The number of nitrogens with zero attached hydrogens (tertiary/aromatic N) is 2. The minimum absolute atomic E-state index is 0.160. The van der Waals surface area contributed by atoms with Gasteiger partial charge in [0.1, 0.15) is 0 Å². The fraction of sp³-hybridized carbons (Fsp3) is 0.471. The summed E-state index contributed by atoms with van der Waals surface area (Å²) < 4.78 is 0. The number of rotatable bonds is 7. The van der Waals surface area contributed by atoms with Gasteiger partial charge in [-0.15, -0.1) is 0 Å². The van der Waals surface area contributed by atoms with Gasteiger partial charge in [-0.1, -0.05) is 43.3 Å². The second kappa shape index (κ2) is 8.54. The normalized spacial score (nSPS) is 11.2. The Balaban J connectivity index is 2.58. The largest absolute Gasteiger partial charge is 0.341 e. The van der Waals surface area contributed by atoms with E-state index in [0.717, 1.165) is 13.0 Å². The minimum Gasteiger partial charge on any atom is -0.341 e. The summed E-state index contributed by atoms with van der Waals surface area (Å²) in [7, 11) is 5.98. The third-order valence-electron chi connectivity index (χ3n) is 3.03. The van der Waals surface area contributed by atoms with Crippen LogP contribution >= 0.6 is 0 Å². The molecule has 0 heterocycles. The summed E-state index contributed by atoms with van der Waals surface area (Å²) in [6.07, 6.45) is 5.44. The Morgan fingerprint density at radius 1 is 1.10 bits per heavy atom. The second-order valence-corrected chi connectivity index (χ2v) is 5.39. The van der Waals surface area contributed by atoms with Gasteiger partial charge in [-0.3, -0.25) is 4.79 Å². The van der Waals surface area contributed by atoms with Crippen LogP contribution < -0.4 is 0 Å². The Hall–Kier alpha value is -1.61. The van der Waals surface area contributed by atoms with E-state index in [-0.39, 0.29) is 5.91 Å². The highest BCUT2D eigenvalue weighted by Crippen LogP contribution is 2.10. The summed E-state index contributed by atoms with van der Waals surface area (Å²) in [5.74, 6) is 0.160. The van der Waals surface area contributed by atoms with E-state index in [1.54, 1.807) is 4.90 Å². The Morgan fingerprint density at radius 3 is 2.35 bits per heavy atom. The lowest BCUT2D eigenvalue weighted by Crippen LogP contribution is -2.25. The molecule has 0 saturated heterocycles. The molecule has 110 valence electrons. The van der Waals surface area contributed by atoms with Gasteiger partial charge < -0.3 is 9.80 Å². The van der Waals surface area contributed by atoms with E-state index in [4.69, 9.17) is 0 Å². The number of hydrogen-bond acceptors (Lipinski definition) is 2. The zero-order valence-corrected chi connectivity index (χ0v) is 13.1. The van der Waals surface area contributed by atoms with Gasteiger partial charge in [0.05, 0.1) is 0 Å². The molecule has 0 aliphatic heterocycles. The third kappa shape index (κ3) is 6.02. The molecule has 1 rings (SSSR count). The highest BCUT2D eigenvalue weighted by atomic mass is 16.2. The van der Waals surface area contributed by atoms with Crippen molar-refractivity contribution in [2.24, 2.45) is 0 Å². The first-order chi connectivity index (χ1) is 9.52. The summed E-state index contributed by atoms with van der Waals surface area (Å²) in [5, 5.41) is 0. The van der Waals surface area contributed by atoms with Crippen molar-refractivity contribution in [3.63, 3.8) is 0 Å². The quantitative estimate of drug-likeness (QED) is 0.713. The Bertz CT molecular complexity index is 452. The maximum absolute atomic E-state index is 12.0. The van der Waals surface area contributed by atoms with Crippen LogP contribution in [0, 0.1) is 0 Å². The van der Waals surface area contributed by atoms with Crippen molar-refractivity contribution in [3.8, 4) is 0 Å². The van der Waals surface area contributed by atoms with Gasteiger partial charge >= 0.3 is 0 Å². The molecule has 0 fully saturated rings. The predicted octanol–water partition coefficient (Wildman–Crippen LogP) is 3.06. The number of allylic oxidation sites excluding steroid dienone is 1. The molecule has 0 saturated carbocycles. The highest BCUT2D eigenvalue weighted by Gasteiger charge is 2.07. The average Bonchev–Trinajstić information content (AvgIpc) is 2.38. The Kier molecular flexibility index (Phi) is 7.02. The van der Waals surface area contributed by atoms with E-state index in [0.29, 0.717) is 13.0 Å². The van der Waals surface area contributed by atoms with E-state index in [9.17, 15) is 4.79 Å². The molecule has 1 amide bonds. The zero-order chi connectivity index (χ0) is 15.0. The van der Waals surface area contributed by atoms with E-state index in [1.807, 2.05) is 19.2 Å². The molecule has 0 aliphatic rings. The molecule has 0 aromatic heterocycles. The van der Waals surface area contributed by atoms with Gasteiger partial charge in [-0.2, -0.15) is 0 Å². The Labute approximate surface area is 122 Å². The maximum atomic E-state index is 12.0. The zero-order valence-electron chi connectivity index (χ0n) is 13.1. The van der Waals surface area contributed by atoms with Crippen molar-refractivity contribution in [1.82, 2.24) is 9.80 Å². The van der Waals surface area contributed by atoms with Crippen LogP contribution in [0.4, 0.5) is 0 Å². The lowest BCUT2D eigenvalue weighted by Gasteiger charge is -2.17. The first-order valence-electron chi connectivity index (χ1n) is 7.14. The van der Waals surface area contributed by atoms with Gasteiger partial charge in [0.2, 0.25) is 5.91 Å². The number of hydrogen-bond donors (Lipinski definition) is 0. The van der Waals surface area contributed by atoms with Crippen LogP contribution in [0.2, 0.25) is 0 Å². The van der Waals surface area contributed by atoms with Gasteiger partial charge in [-0.05, 0) is 31.6 Å². The lowest BCUT2D eigenvalue weighted by atomic mass is 10.1. The number of amides is 1. The van der Waals surface area contributed by atoms with Gasteiger partial charge in [0.25, 0.3) is 0 Å². The maximum Gasteiger partial charge on any atom is 0.226 e. The molecule has 1 aromatic rings. The molecule has 0 N–H and O–H groups in total. The van der Waals surface area contributed by atoms with Crippen molar-refractivity contribution in [2.75, 3.05) is 21.1 Å². The second-order valence-electron chi connectivity index (χ2n) is 5.39. The standard InChI is InChI=1S/C17H26N2O/c1-5-6-7-11-17(20)19(4)14-16-10-8-9-15(12-16)13-18(2)3/h6-10,12H,5,11,13-14H2,1-4H3. The van der Waals surface area contributed by atoms with E-state index < -0.39 is 0 Å². The summed E-state index contributed by atoms with van der Waals surface area (Å²) >= 11 is 0. The fourth-order valence-corrected chi connectivity index (χ4v) is 2.06. The SMILES string of the molecule is CCC=CCC(=O)N(C)Cc1cccc(CN(C)C)c1. The average molecular weight is 274 g/mol. The molecule has 3 nitrogen and oxygen atoms in total. The number of carbonyl (C=O) groups excluding carboxylic acids is 1. The van der Waals surface area contributed by atoms with Crippen LogP contribution in [-0.4, -0.2) is 36.9 Å². The molecule has 1 aromatic carbocycles. The minimum atomic E-state index is 0.160. The van der Waals surface area contributed by atoms with Crippen LogP contribution in [0.15, 0.2) is 36.4 Å². The Morgan fingerprint density at radius 2 is 1.75 bits per heavy atom. The van der Waals surface area contributed by atoms with Crippen molar-refractivity contribution >= 4 is 5.91 Å². The van der Waals surface area contributed by atoms with E-state index >= 15 is 0 Å². The molecule has 0 aliphatic carbocycles. The van der Waals surface area contributed by atoms with Crippen LogP contribution in [0.1, 0.15) is 30.9 Å². The van der Waals surface area contributed by atoms with Gasteiger partial charge in [0, 0.05) is 26.6 Å². The molecule has 0 atom stereocenters. The first kappa shape index (κ1) is 16.4. The van der Waals surface area contributed by atoms with Crippen LogP contribution in [0.3, 0.4) is 0 Å². The molecular weight excluding hydrogens is 248 g/mol. The number of benzene rings is 1. The van der Waals surface area contributed by atoms with Crippen LogP contribution in [0.25, 0.3) is 0 Å². The summed E-state index contributed by atoms with van der Waals surface area (Å²) in [4.78, 5) is 15.9. The van der Waals surface area contributed by atoms with Crippen molar-refractivity contribution < 1.29 is 4.79 Å². The highest BCUT2D eigenvalue weighted by molar-refractivity contribution is 5.77. The van der Waals surface area contributed by atoms with Crippen molar-refractivity contribution in [2.45, 2.75) is 32.9 Å². The monoisotopic (exact) mass is 274 g/mol. The van der Waals surface area contributed by atoms with Gasteiger partial charge in [0.15, 0.2) is 0 Å². The smallest absolute Gasteiger partial charge is 0.226 e. The lowest BCUT2D eigenvalue weighted by molar-refractivity contribution is -0.129. The first-order valence-corrected chi connectivity index (χ1v) is 7.14. The number of carbonyl (C=O) groups is 1. The predicted molar refractivity (Wildman–Crippen MR) is 84.4 cm³/mol. The topological polar surface area (TPSA) is 23.6 Å². The molecule has 0 spiro atoms. The summed E-state index contributed by atoms with van der Waals surface area (Å²) in [6.45, 7) is 3.66. The summed E-state index contributed by atoms with van der Waals surface area (Å²) in [5.41, 5.74) is 2.46. The summed E-state index contributed by atoms with van der Waals surface area (Å²) in [6, 6.07) is 8.43. The van der Waals surface area contributed by atoms with Crippen LogP contribution in [-0.2, 0) is 17.9 Å². The fourth-order valence-electron chi connectivity index (χ4n) is 2.06. The van der Waals surface area contributed by atoms with E-state index in [1.165, 1.54) is 11.1 Å². The molecule has 20 heavy (non-hydrogen) atoms. The molecule has 0 bridgehead atoms. The van der Waals surface area contributed by atoms with Gasteiger partial charge in [-0.25, -0.2) is 0 Å². The van der Waals surface area contributed by atoms with E-state index in [2.05, 4.69) is 50.2 Å². The van der Waals surface area contributed by atoms with Crippen LogP contribution in [0.5, 0.6) is 0 Å².